The maximum Gasteiger partial charge on any atom is 0.325 e. The third-order valence-corrected chi connectivity index (χ3v) is 4.17. The number of rotatable bonds is 7. The van der Waals surface area contributed by atoms with Crippen LogP contribution in [0.3, 0.4) is 0 Å². The number of benzene rings is 1. The molecule has 0 spiro atoms. The van der Waals surface area contributed by atoms with Crippen molar-refractivity contribution in [2.45, 2.75) is 18.2 Å². The van der Waals surface area contributed by atoms with E-state index in [0.717, 1.165) is 0 Å². The molecule has 110 valence electrons. The average Bonchev–Trinajstić information content (AvgIpc) is 2.44. The van der Waals surface area contributed by atoms with Gasteiger partial charge in [-0.25, -0.2) is 8.42 Å². The van der Waals surface area contributed by atoms with Gasteiger partial charge in [-0.3, -0.25) is 9.59 Å². The van der Waals surface area contributed by atoms with E-state index in [0.29, 0.717) is 0 Å². The monoisotopic (exact) mass is 299 g/mol. The molecule has 0 aliphatic carbocycles. The second-order valence-corrected chi connectivity index (χ2v) is 6.07. The SMILES string of the molecule is CCOC(=O)CNC(=O)CCS(=O)(=O)c1ccccc1. The van der Waals surface area contributed by atoms with Crippen LogP contribution in [0.4, 0.5) is 0 Å². The van der Waals surface area contributed by atoms with Gasteiger partial charge in [-0.15, -0.1) is 0 Å². The normalized spacial score (nSPS) is 10.8. The number of hydrogen-bond acceptors (Lipinski definition) is 5. The minimum Gasteiger partial charge on any atom is -0.465 e. The Kier molecular flexibility index (Phi) is 6.17. The highest BCUT2D eigenvalue weighted by atomic mass is 32.2. The molecule has 1 aromatic rings. The maximum absolute atomic E-state index is 11.9. The Morgan fingerprint density at radius 1 is 1.20 bits per heavy atom. The summed E-state index contributed by atoms with van der Waals surface area (Å²) in [6, 6.07) is 7.91. The smallest absolute Gasteiger partial charge is 0.325 e. The van der Waals surface area contributed by atoms with Gasteiger partial charge < -0.3 is 10.1 Å². The van der Waals surface area contributed by atoms with Gasteiger partial charge in [-0.1, -0.05) is 18.2 Å². The summed E-state index contributed by atoms with van der Waals surface area (Å²) in [5, 5.41) is 2.31. The summed E-state index contributed by atoms with van der Waals surface area (Å²) < 4.78 is 28.4. The Morgan fingerprint density at radius 2 is 1.85 bits per heavy atom. The van der Waals surface area contributed by atoms with Gasteiger partial charge >= 0.3 is 5.97 Å². The third kappa shape index (κ3) is 5.40. The molecule has 0 bridgehead atoms. The van der Waals surface area contributed by atoms with Crippen molar-refractivity contribution in [3.63, 3.8) is 0 Å². The molecule has 20 heavy (non-hydrogen) atoms. The number of carbonyl (C=O) groups is 2. The van der Waals surface area contributed by atoms with Crippen LogP contribution in [0, 0.1) is 0 Å². The summed E-state index contributed by atoms with van der Waals surface area (Å²) in [6.45, 7) is 1.64. The van der Waals surface area contributed by atoms with Gasteiger partial charge in [-0.2, -0.15) is 0 Å². The largest absolute Gasteiger partial charge is 0.465 e. The summed E-state index contributed by atoms with van der Waals surface area (Å²) in [4.78, 5) is 22.6. The molecule has 0 heterocycles. The molecule has 1 aromatic carbocycles. The van der Waals surface area contributed by atoms with E-state index in [9.17, 15) is 18.0 Å². The summed E-state index contributed by atoms with van der Waals surface area (Å²) in [7, 11) is -3.48. The third-order valence-electron chi connectivity index (χ3n) is 2.44. The van der Waals surface area contributed by atoms with Crippen molar-refractivity contribution < 1.29 is 22.7 Å². The van der Waals surface area contributed by atoms with Crippen LogP contribution < -0.4 is 5.32 Å². The summed E-state index contributed by atoms with van der Waals surface area (Å²) in [5.74, 6) is -1.35. The molecule has 1 N–H and O–H groups in total. The number of ether oxygens (including phenoxy) is 1. The van der Waals surface area contributed by atoms with Crippen LogP contribution in [-0.4, -0.2) is 39.2 Å². The minimum atomic E-state index is -3.48. The molecule has 1 amide bonds. The number of carbonyl (C=O) groups excluding carboxylic acids is 2. The van der Waals surface area contributed by atoms with Crippen LogP contribution in [-0.2, 0) is 24.2 Å². The van der Waals surface area contributed by atoms with E-state index >= 15 is 0 Å². The average molecular weight is 299 g/mol. The molecule has 0 unspecified atom stereocenters. The Balaban J connectivity index is 2.43. The summed E-state index contributed by atoms with van der Waals surface area (Å²) in [5.41, 5.74) is 0. The molecule has 0 aliphatic rings. The Hall–Kier alpha value is -1.89. The molecule has 0 aromatic heterocycles. The quantitative estimate of drug-likeness (QED) is 0.742. The molecule has 0 radical (unpaired) electrons. The topological polar surface area (TPSA) is 89.5 Å². The van der Waals surface area contributed by atoms with Crippen molar-refractivity contribution in [2.24, 2.45) is 0 Å². The first-order valence-corrected chi connectivity index (χ1v) is 7.81. The van der Waals surface area contributed by atoms with Crippen LogP contribution >= 0.6 is 0 Å². The number of sulfone groups is 1. The predicted molar refractivity (Wildman–Crippen MR) is 72.8 cm³/mol. The lowest BCUT2D eigenvalue weighted by Crippen LogP contribution is -2.31. The molecular formula is C13H17NO5S. The van der Waals surface area contributed by atoms with Crippen molar-refractivity contribution >= 4 is 21.7 Å². The first-order chi connectivity index (χ1) is 9.45. The van der Waals surface area contributed by atoms with Gasteiger partial charge in [-0.05, 0) is 19.1 Å². The van der Waals surface area contributed by atoms with Crippen LogP contribution in [0.25, 0.3) is 0 Å². The van der Waals surface area contributed by atoms with E-state index < -0.39 is 21.7 Å². The zero-order valence-corrected chi connectivity index (χ0v) is 12.0. The van der Waals surface area contributed by atoms with E-state index in [-0.39, 0.29) is 30.2 Å². The van der Waals surface area contributed by atoms with Gasteiger partial charge in [0.25, 0.3) is 0 Å². The van der Waals surface area contributed by atoms with E-state index in [4.69, 9.17) is 0 Å². The molecule has 0 atom stereocenters. The summed E-state index contributed by atoms with van der Waals surface area (Å²) >= 11 is 0. The van der Waals surface area contributed by atoms with Gasteiger partial charge in [0, 0.05) is 6.42 Å². The van der Waals surface area contributed by atoms with E-state index in [1.807, 2.05) is 0 Å². The highest BCUT2D eigenvalue weighted by Gasteiger charge is 2.16. The maximum atomic E-state index is 11.9. The highest BCUT2D eigenvalue weighted by molar-refractivity contribution is 7.91. The van der Waals surface area contributed by atoms with Gasteiger partial charge in [0.15, 0.2) is 9.84 Å². The molecule has 7 heteroatoms. The Morgan fingerprint density at radius 3 is 2.45 bits per heavy atom. The predicted octanol–water partition coefficient (Wildman–Crippen LogP) is 0.530. The molecule has 1 rings (SSSR count). The Labute approximate surface area is 118 Å². The Bertz CT molecular complexity index is 553. The lowest BCUT2D eigenvalue weighted by atomic mass is 10.4. The van der Waals surface area contributed by atoms with Crippen molar-refractivity contribution in [1.29, 1.82) is 0 Å². The number of amides is 1. The van der Waals surface area contributed by atoms with Crippen molar-refractivity contribution in [3.8, 4) is 0 Å². The van der Waals surface area contributed by atoms with Crippen LogP contribution in [0.1, 0.15) is 13.3 Å². The molecular weight excluding hydrogens is 282 g/mol. The van der Waals surface area contributed by atoms with E-state index in [1.165, 1.54) is 12.1 Å². The first-order valence-electron chi connectivity index (χ1n) is 6.16. The first kappa shape index (κ1) is 16.2. The number of hydrogen-bond donors (Lipinski definition) is 1. The van der Waals surface area contributed by atoms with Crippen LogP contribution in [0.2, 0.25) is 0 Å². The molecule has 6 nitrogen and oxygen atoms in total. The van der Waals surface area contributed by atoms with Crippen LogP contribution in [0.5, 0.6) is 0 Å². The second kappa shape index (κ2) is 7.64. The van der Waals surface area contributed by atoms with E-state index in [1.54, 1.807) is 25.1 Å². The molecule has 0 saturated carbocycles. The fourth-order valence-electron chi connectivity index (χ4n) is 1.44. The molecule has 0 saturated heterocycles. The second-order valence-electron chi connectivity index (χ2n) is 3.96. The van der Waals surface area contributed by atoms with Crippen LogP contribution in [0.15, 0.2) is 35.2 Å². The van der Waals surface area contributed by atoms with Gasteiger partial charge in [0.05, 0.1) is 17.3 Å². The van der Waals surface area contributed by atoms with Gasteiger partial charge in [0.1, 0.15) is 6.54 Å². The minimum absolute atomic E-state index is 0.179. The fraction of sp³-hybridized carbons (Fsp3) is 0.385. The zero-order chi connectivity index (χ0) is 15.0. The lowest BCUT2D eigenvalue weighted by Gasteiger charge is -2.06. The molecule has 0 fully saturated rings. The number of nitrogens with one attached hydrogen (secondary N) is 1. The van der Waals surface area contributed by atoms with Crippen molar-refractivity contribution in [2.75, 3.05) is 18.9 Å². The standard InChI is InChI=1S/C13H17NO5S/c1-2-19-13(16)10-14-12(15)8-9-20(17,18)11-6-4-3-5-7-11/h3-7H,2,8-10H2,1H3,(H,14,15). The zero-order valence-electron chi connectivity index (χ0n) is 11.2. The summed E-state index contributed by atoms with van der Waals surface area (Å²) in [6.07, 6.45) is -0.198. The lowest BCUT2D eigenvalue weighted by molar-refractivity contribution is -0.143. The fourth-order valence-corrected chi connectivity index (χ4v) is 2.71. The highest BCUT2D eigenvalue weighted by Crippen LogP contribution is 2.10. The van der Waals surface area contributed by atoms with Crippen molar-refractivity contribution in [3.05, 3.63) is 30.3 Å². The van der Waals surface area contributed by atoms with E-state index in [2.05, 4.69) is 10.1 Å². The number of esters is 1. The van der Waals surface area contributed by atoms with Gasteiger partial charge in [0.2, 0.25) is 5.91 Å². The molecule has 0 aliphatic heterocycles. The van der Waals surface area contributed by atoms with Crippen molar-refractivity contribution in [1.82, 2.24) is 5.32 Å².